The molecule has 7 nitrogen and oxygen atoms in total. The molecule has 0 unspecified atom stereocenters. The van der Waals surface area contributed by atoms with Crippen LogP contribution in [-0.2, 0) is 19.6 Å². The highest BCUT2D eigenvalue weighted by molar-refractivity contribution is 7.92. The van der Waals surface area contributed by atoms with E-state index >= 15 is 0 Å². The number of methoxy groups -OCH3 is 1. The van der Waals surface area contributed by atoms with Crippen LogP contribution < -0.4 is 15.4 Å². The van der Waals surface area contributed by atoms with E-state index in [0.29, 0.717) is 24.5 Å². The number of ether oxygens (including phenoxy) is 1. The fraction of sp³-hybridized carbons (Fsp3) is 0.417. The Bertz CT molecular complexity index is 551. The van der Waals surface area contributed by atoms with Gasteiger partial charge in [-0.1, -0.05) is 6.07 Å². The molecule has 1 aromatic carbocycles. The zero-order chi connectivity index (χ0) is 15.0. The Balaban J connectivity index is 0.00000400. The summed E-state index contributed by atoms with van der Waals surface area (Å²) < 4.78 is 29.4. The van der Waals surface area contributed by atoms with E-state index in [-0.39, 0.29) is 24.9 Å². The summed E-state index contributed by atoms with van der Waals surface area (Å²) in [5.41, 5.74) is 0.926. The monoisotopic (exact) mass is 337 g/mol. The van der Waals surface area contributed by atoms with Gasteiger partial charge in [-0.3, -0.25) is 9.52 Å². The quantitative estimate of drug-likeness (QED) is 0.605. The number of carbonyl (C=O) groups excluding carboxylic acids is 1. The molecule has 21 heavy (non-hydrogen) atoms. The zero-order valence-electron chi connectivity index (χ0n) is 11.9. The molecule has 0 spiro atoms. The third-order valence-electron chi connectivity index (χ3n) is 2.22. The predicted octanol–water partition coefficient (Wildman–Crippen LogP) is 0.654. The molecule has 0 saturated carbocycles. The maximum atomic E-state index is 11.6. The fourth-order valence-corrected chi connectivity index (χ4v) is 2.01. The van der Waals surface area contributed by atoms with Gasteiger partial charge in [0.15, 0.2) is 0 Å². The lowest BCUT2D eigenvalue weighted by molar-refractivity contribution is -0.115. The van der Waals surface area contributed by atoms with Crippen molar-refractivity contribution in [1.82, 2.24) is 5.32 Å². The molecule has 0 saturated heterocycles. The number of benzene rings is 1. The van der Waals surface area contributed by atoms with E-state index < -0.39 is 10.0 Å². The normalized spacial score (nSPS) is 10.6. The SMILES string of the molecule is COCCNCC(=O)Nc1cccc(NS(C)(=O)=O)c1.Cl. The molecule has 0 heterocycles. The highest BCUT2D eigenvalue weighted by atomic mass is 35.5. The van der Waals surface area contributed by atoms with E-state index in [2.05, 4.69) is 15.4 Å². The summed E-state index contributed by atoms with van der Waals surface area (Å²) in [6.45, 7) is 1.27. The summed E-state index contributed by atoms with van der Waals surface area (Å²) >= 11 is 0. The number of rotatable bonds is 8. The molecule has 1 aromatic rings. The molecule has 0 atom stereocenters. The van der Waals surface area contributed by atoms with Crippen molar-refractivity contribution in [3.05, 3.63) is 24.3 Å². The average Bonchev–Trinajstić information content (AvgIpc) is 2.33. The molecule has 1 rings (SSSR count). The number of carbonyl (C=O) groups is 1. The molecule has 120 valence electrons. The van der Waals surface area contributed by atoms with Crippen LogP contribution in [0.25, 0.3) is 0 Å². The second kappa shape index (κ2) is 9.56. The lowest BCUT2D eigenvalue weighted by Crippen LogP contribution is -2.30. The van der Waals surface area contributed by atoms with Gasteiger partial charge in [0.05, 0.1) is 25.1 Å². The van der Waals surface area contributed by atoms with Gasteiger partial charge in [-0.15, -0.1) is 12.4 Å². The summed E-state index contributed by atoms with van der Waals surface area (Å²) in [4.78, 5) is 11.6. The molecule has 0 aliphatic rings. The van der Waals surface area contributed by atoms with E-state index in [4.69, 9.17) is 4.74 Å². The van der Waals surface area contributed by atoms with Crippen LogP contribution in [-0.4, -0.2) is 47.4 Å². The minimum atomic E-state index is -3.33. The molecule has 0 aliphatic carbocycles. The van der Waals surface area contributed by atoms with Crippen LogP contribution in [0.2, 0.25) is 0 Å². The van der Waals surface area contributed by atoms with Gasteiger partial charge in [0, 0.05) is 19.3 Å². The molecule has 3 N–H and O–H groups in total. The van der Waals surface area contributed by atoms with Gasteiger partial charge < -0.3 is 15.4 Å². The largest absolute Gasteiger partial charge is 0.383 e. The van der Waals surface area contributed by atoms with Gasteiger partial charge in [-0.25, -0.2) is 8.42 Å². The van der Waals surface area contributed by atoms with Crippen molar-refractivity contribution in [3.8, 4) is 0 Å². The summed E-state index contributed by atoms with van der Waals surface area (Å²) in [6, 6.07) is 6.49. The topological polar surface area (TPSA) is 96.5 Å². The molecule has 0 aromatic heterocycles. The van der Waals surface area contributed by atoms with Crippen LogP contribution in [0.1, 0.15) is 0 Å². The van der Waals surface area contributed by atoms with Crippen molar-refractivity contribution >= 4 is 39.7 Å². The van der Waals surface area contributed by atoms with Gasteiger partial charge >= 0.3 is 0 Å². The minimum Gasteiger partial charge on any atom is -0.383 e. The van der Waals surface area contributed by atoms with E-state index in [1.54, 1.807) is 31.4 Å². The van der Waals surface area contributed by atoms with Crippen molar-refractivity contribution in [2.75, 3.05) is 43.1 Å². The van der Waals surface area contributed by atoms with Gasteiger partial charge in [0.25, 0.3) is 0 Å². The highest BCUT2D eigenvalue weighted by Crippen LogP contribution is 2.15. The maximum absolute atomic E-state index is 11.6. The number of nitrogens with one attached hydrogen (secondary N) is 3. The Morgan fingerprint density at radius 3 is 2.57 bits per heavy atom. The Hall–Kier alpha value is -1.35. The van der Waals surface area contributed by atoms with Crippen LogP contribution in [0.15, 0.2) is 24.3 Å². The third kappa shape index (κ3) is 9.24. The van der Waals surface area contributed by atoms with Crippen molar-refractivity contribution < 1.29 is 17.9 Å². The Kier molecular flexibility index (Phi) is 8.95. The van der Waals surface area contributed by atoms with E-state index in [1.165, 1.54) is 0 Å². The van der Waals surface area contributed by atoms with Crippen molar-refractivity contribution in [1.29, 1.82) is 0 Å². The van der Waals surface area contributed by atoms with E-state index in [9.17, 15) is 13.2 Å². The van der Waals surface area contributed by atoms with Gasteiger partial charge in [0.1, 0.15) is 0 Å². The lowest BCUT2D eigenvalue weighted by Gasteiger charge is -2.09. The summed E-state index contributed by atoms with van der Waals surface area (Å²) in [5, 5.41) is 5.58. The first-order valence-corrected chi connectivity index (χ1v) is 7.87. The third-order valence-corrected chi connectivity index (χ3v) is 2.82. The van der Waals surface area contributed by atoms with Gasteiger partial charge in [0.2, 0.25) is 15.9 Å². The van der Waals surface area contributed by atoms with Crippen LogP contribution in [0.5, 0.6) is 0 Å². The summed E-state index contributed by atoms with van der Waals surface area (Å²) in [6.07, 6.45) is 1.07. The molecular weight excluding hydrogens is 318 g/mol. The first-order valence-electron chi connectivity index (χ1n) is 5.98. The Morgan fingerprint density at radius 2 is 1.95 bits per heavy atom. The second-order valence-electron chi connectivity index (χ2n) is 4.17. The molecule has 0 fully saturated rings. The van der Waals surface area contributed by atoms with Crippen molar-refractivity contribution in [2.45, 2.75) is 0 Å². The van der Waals surface area contributed by atoms with Crippen LogP contribution >= 0.6 is 12.4 Å². The minimum absolute atomic E-state index is 0. The summed E-state index contributed by atoms with van der Waals surface area (Å²) in [7, 11) is -1.75. The van der Waals surface area contributed by atoms with Gasteiger partial charge in [-0.05, 0) is 18.2 Å². The lowest BCUT2D eigenvalue weighted by atomic mass is 10.3. The molecule has 0 bridgehead atoms. The van der Waals surface area contributed by atoms with Gasteiger partial charge in [-0.2, -0.15) is 0 Å². The Morgan fingerprint density at radius 1 is 1.29 bits per heavy atom. The number of amides is 1. The first kappa shape index (κ1) is 19.7. The first-order chi connectivity index (χ1) is 9.40. The Labute approximate surface area is 130 Å². The fourth-order valence-electron chi connectivity index (χ4n) is 1.46. The van der Waals surface area contributed by atoms with Crippen molar-refractivity contribution in [3.63, 3.8) is 0 Å². The average molecular weight is 338 g/mol. The molecule has 0 radical (unpaired) electrons. The maximum Gasteiger partial charge on any atom is 0.238 e. The standard InChI is InChI=1S/C12H19N3O4S.ClH/c1-19-7-6-13-9-12(16)14-10-4-3-5-11(8-10)15-20(2,17)18;/h3-5,8,13,15H,6-7,9H2,1-2H3,(H,14,16);1H. The highest BCUT2D eigenvalue weighted by Gasteiger charge is 2.05. The predicted molar refractivity (Wildman–Crippen MR) is 85.5 cm³/mol. The molecule has 9 heteroatoms. The molecule has 1 amide bonds. The summed E-state index contributed by atoms with van der Waals surface area (Å²) in [5.74, 6) is -0.211. The number of sulfonamides is 1. The number of hydrogen-bond donors (Lipinski definition) is 3. The number of halogens is 1. The van der Waals surface area contributed by atoms with Crippen molar-refractivity contribution in [2.24, 2.45) is 0 Å². The second-order valence-corrected chi connectivity index (χ2v) is 5.92. The van der Waals surface area contributed by atoms with Crippen LogP contribution in [0.3, 0.4) is 0 Å². The number of hydrogen-bond acceptors (Lipinski definition) is 5. The van der Waals surface area contributed by atoms with E-state index in [1.807, 2.05) is 0 Å². The van der Waals surface area contributed by atoms with E-state index in [0.717, 1.165) is 6.26 Å². The van der Waals surface area contributed by atoms with Crippen LogP contribution in [0.4, 0.5) is 11.4 Å². The number of anilines is 2. The smallest absolute Gasteiger partial charge is 0.238 e. The molecule has 0 aliphatic heterocycles. The molecular formula is C12H20ClN3O4S. The van der Waals surface area contributed by atoms with Crippen LogP contribution in [0, 0.1) is 0 Å². The zero-order valence-corrected chi connectivity index (χ0v) is 13.5.